The molecule has 0 aromatic rings. The summed E-state index contributed by atoms with van der Waals surface area (Å²) in [6.45, 7) is 2.86. The molecular weight excluding hydrogens is 284 g/mol. The van der Waals surface area contributed by atoms with Crippen LogP contribution in [0.5, 0.6) is 0 Å². The molecule has 0 bridgehead atoms. The second-order valence-electron chi connectivity index (χ2n) is 6.65. The summed E-state index contributed by atoms with van der Waals surface area (Å²) >= 11 is 0. The lowest BCUT2D eigenvalue weighted by atomic mass is 9.81. The highest BCUT2D eigenvalue weighted by molar-refractivity contribution is 6.08. The van der Waals surface area contributed by atoms with Crippen LogP contribution in [0.3, 0.4) is 0 Å². The van der Waals surface area contributed by atoms with E-state index < -0.39 is 6.04 Å². The molecule has 1 aliphatic carbocycles. The molecule has 122 valence electrons. The van der Waals surface area contributed by atoms with Crippen molar-refractivity contribution in [1.29, 1.82) is 0 Å². The SMILES string of the molecule is COCC1CCN1C(=O)C(C)N1C(=O)C2CCCCC2C1=O. The standard InChI is InChI=1S/C16H24N2O4/c1-10(14(19)17-8-7-11(17)9-22-2)18-15(20)12-5-3-4-6-13(12)16(18)21/h10-13H,3-9H2,1-2H3. The zero-order chi connectivity index (χ0) is 15.9. The number of fused-ring (bicyclic) bond motifs is 1. The molecule has 2 aliphatic heterocycles. The molecule has 4 atom stereocenters. The van der Waals surface area contributed by atoms with Crippen molar-refractivity contribution < 1.29 is 19.1 Å². The second-order valence-corrected chi connectivity index (χ2v) is 6.65. The molecule has 6 heteroatoms. The maximum atomic E-state index is 12.6. The van der Waals surface area contributed by atoms with Crippen LogP contribution in [-0.4, -0.2) is 59.9 Å². The minimum Gasteiger partial charge on any atom is -0.383 e. The number of hydrogen-bond donors (Lipinski definition) is 0. The predicted octanol–water partition coefficient (Wildman–Crippen LogP) is 0.797. The second kappa shape index (κ2) is 5.99. The van der Waals surface area contributed by atoms with Gasteiger partial charge in [-0.25, -0.2) is 0 Å². The fourth-order valence-corrected chi connectivity index (χ4v) is 4.02. The van der Waals surface area contributed by atoms with Gasteiger partial charge in [-0.2, -0.15) is 0 Å². The van der Waals surface area contributed by atoms with Crippen molar-refractivity contribution in [2.75, 3.05) is 20.3 Å². The average molecular weight is 308 g/mol. The quantitative estimate of drug-likeness (QED) is 0.720. The van der Waals surface area contributed by atoms with Gasteiger partial charge < -0.3 is 9.64 Å². The van der Waals surface area contributed by atoms with E-state index in [1.807, 2.05) is 0 Å². The minimum absolute atomic E-state index is 0.0787. The Morgan fingerprint density at radius 1 is 1.18 bits per heavy atom. The Morgan fingerprint density at radius 2 is 1.77 bits per heavy atom. The van der Waals surface area contributed by atoms with E-state index in [9.17, 15) is 14.4 Å². The zero-order valence-electron chi connectivity index (χ0n) is 13.3. The van der Waals surface area contributed by atoms with Crippen molar-refractivity contribution in [1.82, 2.24) is 9.80 Å². The molecule has 3 amide bonds. The third-order valence-electron chi connectivity index (χ3n) is 5.41. The van der Waals surface area contributed by atoms with Crippen molar-refractivity contribution in [2.24, 2.45) is 11.8 Å². The monoisotopic (exact) mass is 308 g/mol. The molecular formula is C16H24N2O4. The van der Waals surface area contributed by atoms with E-state index in [2.05, 4.69) is 0 Å². The number of carbonyl (C=O) groups is 3. The van der Waals surface area contributed by atoms with Crippen molar-refractivity contribution in [3.63, 3.8) is 0 Å². The van der Waals surface area contributed by atoms with Crippen molar-refractivity contribution in [3.05, 3.63) is 0 Å². The van der Waals surface area contributed by atoms with Gasteiger partial charge in [0.15, 0.2) is 0 Å². The first kappa shape index (κ1) is 15.5. The van der Waals surface area contributed by atoms with Gasteiger partial charge in [-0.1, -0.05) is 12.8 Å². The summed E-state index contributed by atoms with van der Waals surface area (Å²) in [6, 6.07) is -0.611. The molecule has 0 aromatic heterocycles. The summed E-state index contributed by atoms with van der Waals surface area (Å²) < 4.78 is 5.11. The number of amides is 3. The molecule has 3 fully saturated rings. The summed E-state index contributed by atoms with van der Waals surface area (Å²) in [7, 11) is 1.61. The molecule has 6 nitrogen and oxygen atoms in total. The van der Waals surface area contributed by atoms with E-state index in [-0.39, 0.29) is 35.6 Å². The van der Waals surface area contributed by atoms with Crippen LogP contribution in [0.4, 0.5) is 0 Å². The number of imide groups is 1. The van der Waals surface area contributed by atoms with Gasteiger partial charge in [0, 0.05) is 13.7 Å². The van der Waals surface area contributed by atoms with E-state index in [0.717, 1.165) is 32.1 Å². The summed E-state index contributed by atoms with van der Waals surface area (Å²) in [5.41, 5.74) is 0. The highest BCUT2D eigenvalue weighted by Gasteiger charge is 2.51. The third kappa shape index (κ3) is 2.33. The fraction of sp³-hybridized carbons (Fsp3) is 0.812. The Bertz CT molecular complexity index is 469. The lowest BCUT2D eigenvalue weighted by Gasteiger charge is -2.42. The van der Waals surface area contributed by atoms with Crippen LogP contribution >= 0.6 is 0 Å². The lowest BCUT2D eigenvalue weighted by molar-refractivity contribution is -0.155. The molecule has 2 heterocycles. The van der Waals surface area contributed by atoms with Crippen molar-refractivity contribution >= 4 is 17.7 Å². The van der Waals surface area contributed by atoms with Gasteiger partial charge in [0.25, 0.3) is 0 Å². The Hall–Kier alpha value is -1.43. The molecule has 1 saturated carbocycles. The fourth-order valence-electron chi connectivity index (χ4n) is 4.02. The summed E-state index contributed by atoms with van der Waals surface area (Å²) in [5, 5.41) is 0. The molecule has 2 saturated heterocycles. The van der Waals surface area contributed by atoms with Crippen LogP contribution in [-0.2, 0) is 19.1 Å². The van der Waals surface area contributed by atoms with E-state index in [4.69, 9.17) is 4.74 Å². The number of carbonyl (C=O) groups excluding carboxylic acids is 3. The van der Waals surface area contributed by atoms with Crippen LogP contribution in [0.25, 0.3) is 0 Å². The Labute approximate surface area is 130 Å². The van der Waals surface area contributed by atoms with E-state index in [1.54, 1.807) is 18.9 Å². The summed E-state index contributed by atoms with van der Waals surface area (Å²) in [6.07, 6.45) is 4.47. The first-order chi connectivity index (χ1) is 10.6. The number of likely N-dealkylation sites (tertiary alicyclic amines) is 2. The maximum Gasteiger partial charge on any atom is 0.245 e. The number of methoxy groups -OCH3 is 1. The normalized spacial score (nSPS) is 32.7. The van der Waals surface area contributed by atoms with Crippen LogP contribution in [0.1, 0.15) is 39.0 Å². The van der Waals surface area contributed by atoms with E-state index in [1.165, 1.54) is 4.90 Å². The number of hydrogen-bond acceptors (Lipinski definition) is 4. The predicted molar refractivity (Wildman–Crippen MR) is 78.8 cm³/mol. The van der Waals surface area contributed by atoms with Gasteiger partial charge in [0.1, 0.15) is 6.04 Å². The van der Waals surface area contributed by atoms with Crippen LogP contribution < -0.4 is 0 Å². The first-order valence-corrected chi connectivity index (χ1v) is 8.22. The maximum absolute atomic E-state index is 12.6. The molecule has 3 aliphatic rings. The van der Waals surface area contributed by atoms with E-state index >= 15 is 0 Å². The molecule has 3 rings (SSSR count). The highest BCUT2D eigenvalue weighted by atomic mass is 16.5. The van der Waals surface area contributed by atoms with Gasteiger partial charge in [-0.15, -0.1) is 0 Å². The Balaban J connectivity index is 1.71. The van der Waals surface area contributed by atoms with Crippen LogP contribution in [0.15, 0.2) is 0 Å². The van der Waals surface area contributed by atoms with Crippen LogP contribution in [0.2, 0.25) is 0 Å². The van der Waals surface area contributed by atoms with Crippen molar-refractivity contribution in [2.45, 2.75) is 51.1 Å². The largest absolute Gasteiger partial charge is 0.383 e. The van der Waals surface area contributed by atoms with Gasteiger partial charge in [-0.3, -0.25) is 19.3 Å². The topological polar surface area (TPSA) is 66.9 Å². The molecule has 22 heavy (non-hydrogen) atoms. The lowest BCUT2D eigenvalue weighted by Crippen LogP contribution is -2.59. The number of ether oxygens (including phenoxy) is 1. The highest BCUT2D eigenvalue weighted by Crippen LogP contribution is 2.39. The van der Waals surface area contributed by atoms with Crippen molar-refractivity contribution in [3.8, 4) is 0 Å². The smallest absolute Gasteiger partial charge is 0.245 e. The van der Waals surface area contributed by atoms with E-state index in [0.29, 0.717) is 13.2 Å². The number of rotatable bonds is 4. The average Bonchev–Trinajstić information content (AvgIpc) is 2.75. The Kier molecular flexibility index (Phi) is 4.21. The summed E-state index contributed by atoms with van der Waals surface area (Å²) in [5.74, 6) is -0.794. The van der Waals surface area contributed by atoms with Gasteiger partial charge in [0.05, 0.1) is 24.5 Å². The summed E-state index contributed by atoms with van der Waals surface area (Å²) in [4.78, 5) is 40.7. The third-order valence-corrected chi connectivity index (χ3v) is 5.41. The molecule has 0 N–H and O–H groups in total. The Morgan fingerprint density at radius 3 is 2.23 bits per heavy atom. The van der Waals surface area contributed by atoms with Gasteiger partial charge in [-0.05, 0) is 26.2 Å². The molecule has 0 spiro atoms. The molecule has 4 unspecified atom stereocenters. The molecule has 0 radical (unpaired) electrons. The van der Waals surface area contributed by atoms with Gasteiger partial charge in [0.2, 0.25) is 17.7 Å². The molecule has 0 aromatic carbocycles. The zero-order valence-corrected chi connectivity index (χ0v) is 13.3. The van der Waals surface area contributed by atoms with Crippen LogP contribution in [0, 0.1) is 11.8 Å². The first-order valence-electron chi connectivity index (χ1n) is 8.22. The minimum atomic E-state index is -0.690. The van der Waals surface area contributed by atoms with Gasteiger partial charge >= 0.3 is 0 Å². The number of nitrogens with zero attached hydrogens (tertiary/aromatic N) is 2.